The molecule has 0 aliphatic heterocycles. The zero-order chi connectivity index (χ0) is 21.8. The van der Waals surface area contributed by atoms with Gasteiger partial charge in [-0.05, 0) is 49.4 Å². The van der Waals surface area contributed by atoms with Gasteiger partial charge in [0.25, 0.3) is 0 Å². The van der Waals surface area contributed by atoms with Crippen LogP contribution in [0.1, 0.15) is 5.56 Å². The zero-order valence-electron chi connectivity index (χ0n) is 16.9. The summed E-state index contributed by atoms with van der Waals surface area (Å²) in [6.45, 7) is 1.75. The highest BCUT2D eigenvalue weighted by Gasteiger charge is 2.24. The van der Waals surface area contributed by atoms with Crippen LogP contribution in [0.5, 0.6) is 23.1 Å². The van der Waals surface area contributed by atoms with Gasteiger partial charge in [0.05, 0.1) is 12.6 Å². The molecule has 0 aliphatic carbocycles. The Morgan fingerprint density at radius 3 is 2.03 bits per heavy atom. The molecule has 7 nitrogen and oxygen atoms in total. The Bertz CT molecular complexity index is 1230. The number of hydrogen-bond acceptors (Lipinski definition) is 6. The van der Waals surface area contributed by atoms with Crippen molar-refractivity contribution in [2.24, 2.45) is 0 Å². The Balaban J connectivity index is 1.66. The molecule has 4 aromatic rings. The highest BCUT2D eigenvalue weighted by atomic mass is 16.7. The van der Waals surface area contributed by atoms with Crippen LogP contribution in [0.2, 0.25) is 0 Å². The maximum absolute atomic E-state index is 13.0. The maximum Gasteiger partial charge on any atom is 0.520 e. The Morgan fingerprint density at radius 1 is 0.710 bits per heavy atom. The van der Waals surface area contributed by atoms with E-state index in [4.69, 9.17) is 18.9 Å². The van der Waals surface area contributed by atoms with E-state index in [1.54, 1.807) is 80.8 Å². The quantitative estimate of drug-likeness (QED) is 0.319. The number of aromatic nitrogens is 1. The van der Waals surface area contributed by atoms with E-state index >= 15 is 0 Å². The lowest BCUT2D eigenvalue weighted by Gasteiger charge is -2.11. The van der Waals surface area contributed by atoms with Gasteiger partial charge in [-0.2, -0.15) is 0 Å². The van der Waals surface area contributed by atoms with Crippen molar-refractivity contribution in [2.75, 3.05) is 7.11 Å². The van der Waals surface area contributed by atoms with Gasteiger partial charge in [-0.25, -0.2) is 14.2 Å². The molecular formula is C24H19NO6. The number of aryl methyl sites for hydroxylation is 1. The van der Waals surface area contributed by atoms with Gasteiger partial charge in [0.15, 0.2) is 0 Å². The van der Waals surface area contributed by atoms with Crippen molar-refractivity contribution in [1.29, 1.82) is 0 Å². The smallest absolute Gasteiger partial charge is 0.497 e. The first kappa shape index (κ1) is 20.0. The molecule has 0 aliphatic rings. The molecule has 3 aromatic carbocycles. The first-order valence-electron chi connectivity index (χ1n) is 9.48. The summed E-state index contributed by atoms with van der Waals surface area (Å²) in [5.41, 5.74) is 1.15. The average molecular weight is 417 g/mol. The minimum absolute atomic E-state index is 0.0284. The number of rotatable bonds is 4. The van der Waals surface area contributed by atoms with Crippen molar-refractivity contribution in [3.05, 3.63) is 84.4 Å². The van der Waals surface area contributed by atoms with E-state index < -0.39 is 12.2 Å². The van der Waals surface area contributed by atoms with Gasteiger partial charge in [-0.15, -0.1) is 0 Å². The molecule has 0 saturated carbocycles. The molecule has 0 amide bonds. The minimum Gasteiger partial charge on any atom is -0.497 e. The van der Waals surface area contributed by atoms with E-state index in [-0.39, 0.29) is 5.88 Å². The third kappa shape index (κ3) is 4.20. The van der Waals surface area contributed by atoms with Crippen LogP contribution in [0.3, 0.4) is 0 Å². The van der Waals surface area contributed by atoms with Crippen molar-refractivity contribution in [1.82, 2.24) is 4.57 Å². The Morgan fingerprint density at radius 2 is 1.32 bits per heavy atom. The van der Waals surface area contributed by atoms with Crippen LogP contribution in [0.4, 0.5) is 9.59 Å². The molecule has 0 radical (unpaired) electrons. The van der Waals surface area contributed by atoms with Gasteiger partial charge in [0.1, 0.15) is 17.2 Å². The average Bonchev–Trinajstić information content (AvgIpc) is 3.06. The second kappa shape index (κ2) is 8.62. The van der Waals surface area contributed by atoms with Crippen LogP contribution in [0.25, 0.3) is 10.9 Å². The highest BCUT2D eigenvalue weighted by molar-refractivity contribution is 5.96. The fraction of sp³-hybridized carbons (Fsp3) is 0.0833. The van der Waals surface area contributed by atoms with Gasteiger partial charge in [-0.3, -0.25) is 0 Å². The van der Waals surface area contributed by atoms with Crippen molar-refractivity contribution in [2.45, 2.75) is 6.92 Å². The molecule has 0 unspecified atom stereocenters. The highest BCUT2D eigenvalue weighted by Crippen LogP contribution is 2.32. The predicted octanol–water partition coefficient (Wildman–Crippen LogP) is 5.58. The fourth-order valence-electron chi connectivity index (χ4n) is 3.16. The largest absolute Gasteiger partial charge is 0.520 e. The molecular weight excluding hydrogens is 398 g/mol. The molecule has 0 saturated heterocycles. The van der Waals surface area contributed by atoms with Crippen molar-refractivity contribution in [3.8, 4) is 23.1 Å². The number of benzene rings is 3. The summed E-state index contributed by atoms with van der Waals surface area (Å²) in [6.07, 6.45) is -1.69. The Hall–Kier alpha value is -4.26. The van der Waals surface area contributed by atoms with E-state index in [0.717, 1.165) is 5.39 Å². The molecule has 7 heteroatoms. The number of para-hydroxylation sites is 2. The third-order valence-electron chi connectivity index (χ3n) is 4.64. The summed E-state index contributed by atoms with van der Waals surface area (Å²) in [4.78, 5) is 25.4. The maximum atomic E-state index is 13.0. The van der Waals surface area contributed by atoms with Gasteiger partial charge < -0.3 is 18.9 Å². The third-order valence-corrected chi connectivity index (χ3v) is 4.64. The lowest BCUT2D eigenvalue weighted by molar-refractivity contribution is 0.147. The Kier molecular flexibility index (Phi) is 5.57. The molecule has 1 heterocycles. The number of methoxy groups -OCH3 is 1. The number of ether oxygens (including phenoxy) is 4. The van der Waals surface area contributed by atoms with Crippen molar-refractivity contribution < 1.29 is 28.5 Å². The monoisotopic (exact) mass is 417 g/mol. The molecule has 0 N–H and O–H groups in total. The molecule has 0 spiro atoms. The first-order chi connectivity index (χ1) is 15.1. The molecule has 1 aromatic heterocycles. The van der Waals surface area contributed by atoms with Crippen LogP contribution in [0.15, 0.2) is 78.9 Å². The lowest BCUT2D eigenvalue weighted by Crippen LogP contribution is -2.22. The summed E-state index contributed by atoms with van der Waals surface area (Å²) < 4.78 is 22.5. The first-order valence-corrected chi connectivity index (χ1v) is 9.48. The van der Waals surface area contributed by atoms with Crippen LogP contribution in [-0.4, -0.2) is 23.9 Å². The topological polar surface area (TPSA) is 76.0 Å². The molecule has 31 heavy (non-hydrogen) atoms. The number of fused-ring (bicyclic) bond motifs is 1. The van der Waals surface area contributed by atoms with Gasteiger partial charge >= 0.3 is 12.2 Å². The molecule has 156 valence electrons. The SMILES string of the molecule is COc1ccc(OC(=O)n2c(OC(=O)Oc3ccccc3)c(C)c3ccccc32)cc1. The number of nitrogens with zero attached hydrogens (tertiary/aromatic N) is 1. The summed E-state index contributed by atoms with van der Waals surface area (Å²) >= 11 is 0. The molecule has 0 fully saturated rings. The van der Waals surface area contributed by atoms with E-state index in [0.29, 0.717) is 28.3 Å². The Labute approximate surface area is 178 Å². The summed E-state index contributed by atoms with van der Waals surface area (Å²) in [5, 5.41) is 0.747. The molecule has 0 atom stereocenters. The van der Waals surface area contributed by atoms with E-state index in [2.05, 4.69) is 0 Å². The van der Waals surface area contributed by atoms with Gasteiger partial charge in [0.2, 0.25) is 5.88 Å². The van der Waals surface area contributed by atoms with Gasteiger partial charge in [0, 0.05) is 10.9 Å². The van der Waals surface area contributed by atoms with Crippen LogP contribution in [0, 0.1) is 6.92 Å². The number of carbonyl (C=O) groups is 2. The fourth-order valence-corrected chi connectivity index (χ4v) is 3.16. The van der Waals surface area contributed by atoms with Crippen molar-refractivity contribution >= 4 is 23.2 Å². The van der Waals surface area contributed by atoms with E-state index in [1.165, 1.54) is 4.57 Å². The second-order valence-corrected chi connectivity index (χ2v) is 6.59. The van der Waals surface area contributed by atoms with Crippen molar-refractivity contribution in [3.63, 3.8) is 0 Å². The van der Waals surface area contributed by atoms with Gasteiger partial charge in [-0.1, -0.05) is 36.4 Å². The number of carbonyl (C=O) groups excluding carboxylic acids is 2. The van der Waals surface area contributed by atoms with Crippen LogP contribution >= 0.6 is 0 Å². The minimum atomic E-state index is -0.962. The van der Waals surface area contributed by atoms with Crippen LogP contribution < -0.4 is 18.9 Å². The normalized spacial score (nSPS) is 10.5. The summed E-state index contributed by atoms with van der Waals surface area (Å²) in [5.74, 6) is 1.31. The standard InChI is InChI=1S/C24H19NO6/c1-16-20-10-6-7-11-21(20)25(23(26)29-19-14-12-17(28-2)13-15-19)22(16)31-24(27)30-18-8-4-3-5-9-18/h3-15H,1-2H3. The van der Waals surface area contributed by atoms with Crippen LogP contribution in [-0.2, 0) is 0 Å². The predicted molar refractivity (Wildman–Crippen MR) is 114 cm³/mol. The zero-order valence-corrected chi connectivity index (χ0v) is 16.9. The van der Waals surface area contributed by atoms with E-state index in [1.807, 2.05) is 12.1 Å². The number of hydrogen-bond donors (Lipinski definition) is 0. The second-order valence-electron chi connectivity index (χ2n) is 6.59. The summed E-state index contributed by atoms with van der Waals surface area (Å²) in [6, 6.07) is 22.3. The summed E-state index contributed by atoms with van der Waals surface area (Å²) in [7, 11) is 1.55. The van der Waals surface area contributed by atoms with E-state index in [9.17, 15) is 9.59 Å². The lowest BCUT2D eigenvalue weighted by atomic mass is 10.2. The molecule has 4 rings (SSSR count). The molecule has 0 bridgehead atoms.